The van der Waals surface area contributed by atoms with E-state index in [-0.39, 0.29) is 11.9 Å². The number of carboxylic acid groups (broad SMARTS) is 1. The van der Waals surface area contributed by atoms with Crippen molar-refractivity contribution in [3.05, 3.63) is 0 Å². The van der Waals surface area contributed by atoms with Gasteiger partial charge in [0.15, 0.2) is 0 Å². The van der Waals surface area contributed by atoms with Crippen LogP contribution in [0.2, 0.25) is 0 Å². The number of piperidine rings is 1. The highest BCUT2D eigenvalue weighted by Crippen LogP contribution is 2.32. The summed E-state index contributed by atoms with van der Waals surface area (Å²) in [7, 11) is 0. The standard InChI is InChI=1S/C11H18N2O3/c14-9(8-4-1-2-7-12-8)13-11(10(15)16)5-3-6-11/h8,12H,1-7H2,(H,13,14)(H,15,16)/t8-/m0/s1. The Kier molecular flexibility index (Phi) is 3.14. The van der Waals surface area contributed by atoms with Crippen molar-refractivity contribution < 1.29 is 14.7 Å². The van der Waals surface area contributed by atoms with Crippen LogP contribution in [0.4, 0.5) is 0 Å². The Hall–Kier alpha value is -1.10. The van der Waals surface area contributed by atoms with E-state index >= 15 is 0 Å². The van der Waals surface area contributed by atoms with Crippen molar-refractivity contribution in [1.29, 1.82) is 0 Å². The number of carboxylic acids is 1. The molecule has 0 aromatic carbocycles. The Morgan fingerprint density at radius 2 is 2.00 bits per heavy atom. The highest BCUT2D eigenvalue weighted by Gasteiger charge is 2.46. The van der Waals surface area contributed by atoms with Crippen molar-refractivity contribution in [2.45, 2.75) is 50.1 Å². The summed E-state index contributed by atoms with van der Waals surface area (Å²) in [6.45, 7) is 0.845. The lowest BCUT2D eigenvalue weighted by Gasteiger charge is -2.39. The SMILES string of the molecule is O=C(NC1(C(=O)O)CCC1)[C@@H]1CCCCN1. The third-order valence-corrected chi connectivity index (χ3v) is 3.61. The molecule has 1 heterocycles. The summed E-state index contributed by atoms with van der Waals surface area (Å²) < 4.78 is 0. The largest absolute Gasteiger partial charge is 0.480 e. The third kappa shape index (κ3) is 2.04. The molecule has 0 spiro atoms. The van der Waals surface area contributed by atoms with Crippen LogP contribution < -0.4 is 10.6 Å². The van der Waals surface area contributed by atoms with Crippen molar-refractivity contribution in [2.24, 2.45) is 0 Å². The molecule has 0 bridgehead atoms. The number of carbonyl (C=O) groups is 2. The lowest BCUT2D eigenvalue weighted by atomic mass is 9.76. The molecule has 3 N–H and O–H groups in total. The maximum atomic E-state index is 11.9. The van der Waals surface area contributed by atoms with E-state index in [1.807, 2.05) is 0 Å². The van der Waals surface area contributed by atoms with Crippen LogP contribution in [-0.2, 0) is 9.59 Å². The molecular weight excluding hydrogens is 208 g/mol. The normalized spacial score (nSPS) is 27.9. The van der Waals surface area contributed by atoms with Gasteiger partial charge >= 0.3 is 5.97 Å². The zero-order valence-electron chi connectivity index (χ0n) is 9.29. The van der Waals surface area contributed by atoms with Gasteiger partial charge in [-0.15, -0.1) is 0 Å². The molecule has 2 fully saturated rings. The molecule has 5 nitrogen and oxygen atoms in total. The second-order valence-electron chi connectivity index (χ2n) is 4.73. The Morgan fingerprint density at radius 3 is 2.44 bits per heavy atom. The maximum Gasteiger partial charge on any atom is 0.329 e. The van der Waals surface area contributed by atoms with E-state index in [0.717, 1.165) is 32.2 Å². The van der Waals surface area contributed by atoms with E-state index in [1.165, 1.54) is 0 Å². The molecule has 0 aromatic heterocycles. The summed E-state index contributed by atoms with van der Waals surface area (Å²) in [5.74, 6) is -1.05. The number of amides is 1. The second-order valence-corrected chi connectivity index (χ2v) is 4.73. The third-order valence-electron chi connectivity index (χ3n) is 3.61. The predicted octanol–water partition coefficient (Wildman–Crippen LogP) is 0.252. The van der Waals surface area contributed by atoms with Crippen LogP contribution >= 0.6 is 0 Å². The van der Waals surface area contributed by atoms with Gasteiger partial charge in [0.25, 0.3) is 0 Å². The minimum Gasteiger partial charge on any atom is -0.480 e. The highest BCUT2D eigenvalue weighted by molar-refractivity contribution is 5.90. The average molecular weight is 226 g/mol. The van der Waals surface area contributed by atoms with E-state index in [4.69, 9.17) is 5.11 Å². The Bertz CT molecular complexity index is 294. The average Bonchev–Trinajstić information content (AvgIpc) is 2.24. The summed E-state index contributed by atoms with van der Waals surface area (Å²) in [6, 6.07) is -0.203. The molecule has 2 aliphatic rings. The van der Waals surface area contributed by atoms with Crippen LogP contribution in [0.1, 0.15) is 38.5 Å². The summed E-state index contributed by atoms with van der Waals surface area (Å²) in [4.78, 5) is 23.0. The summed E-state index contributed by atoms with van der Waals surface area (Å²) >= 11 is 0. The number of hydrogen-bond acceptors (Lipinski definition) is 3. The quantitative estimate of drug-likeness (QED) is 0.644. The van der Waals surface area contributed by atoms with E-state index in [1.54, 1.807) is 0 Å². The van der Waals surface area contributed by atoms with E-state index in [0.29, 0.717) is 12.8 Å². The summed E-state index contributed by atoms with van der Waals surface area (Å²) in [5, 5.41) is 14.9. The van der Waals surface area contributed by atoms with Gasteiger partial charge in [0, 0.05) is 0 Å². The van der Waals surface area contributed by atoms with Crippen molar-refractivity contribution in [1.82, 2.24) is 10.6 Å². The minimum absolute atomic E-state index is 0.151. The highest BCUT2D eigenvalue weighted by atomic mass is 16.4. The van der Waals surface area contributed by atoms with Gasteiger partial charge in [-0.2, -0.15) is 0 Å². The molecular formula is C11H18N2O3. The fourth-order valence-corrected chi connectivity index (χ4v) is 2.32. The molecule has 0 unspecified atom stereocenters. The maximum absolute atomic E-state index is 11.9. The number of nitrogens with one attached hydrogen (secondary N) is 2. The van der Waals surface area contributed by atoms with Crippen molar-refractivity contribution >= 4 is 11.9 Å². The second kappa shape index (κ2) is 4.41. The van der Waals surface area contributed by atoms with Gasteiger partial charge in [0.1, 0.15) is 5.54 Å². The monoisotopic (exact) mass is 226 g/mol. The molecule has 1 aliphatic carbocycles. The van der Waals surface area contributed by atoms with E-state index in [9.17, 15) is 9.59 Å². The first-order chi connectivity index (χ1) is 7.64. The van der Waals surface area contributed by atoms with Crippen LogP contribution in [0, 0.1) is 0 Å². The fraction of sp³-hybridized carbons (Fsp3) is 0.818. The van der Waals surface area contributed by atoms with Crippen molar-refractivity contribution in [2.75, 3.05) is 6.54 Å². The zero-order valence-corrected chi connectivity index (χ0v) is 9.29. The van der Waals surface area contributed by atoms with Gasteiger partial charge in [0.05, 0.1) is 6.04 Å². The molecule has 0 aromatic rings. The van der Waals surface area contributed by atoms with Crippen LogP contribution in [0.3, 0.4) is 0 Å². The summed E-state index contributed by atoms with van der Waals surface area (Å²) in [6.07, 6.45) is 4.92. The van der Waals surface area contributed by atoms with Gasteiger partial charge in [-0.1, -0.05) is 6.42 Å². The van der Waals surface area contributed by atoms with Crippen LogP contribution in [-0.4, -0.2) is 35.1 Å². The minimum atomic E-state index is -0.976. The van der Waals surface area contributed by atoms with Crippen molar-refractivity contribution in [3.8, 4) is 0 Å². The first-order valence-electron chi connectivity index (χ1n) is 5.93. The Labute approximate surface area is 94.6 Å². The van der Waals surface area contributed by atoms with Gasteiger partial charge in [-0.05, 0) is 38.6 Å². The van der Waals surface area contributed by atoms with Crippen molar-refractivity contribution in [3.63, 3.8) is 0 Å². The predicted molar refractivity (Wildman–Crippen MR) is 58.0 cm³/mol. The fourth-order valence-electron chi connectivity index (χ4n) is 2.32. The first kappa shape index (κ1) is 11.4. The first-order valence-corrected chi connectivity index (χ1v) is 5.93. The number of hydrogen-bond donors (Lipinski definition) is 3. The number of aliphatic carboxylic acids is 1. The molecule has 1 aliphatic heterocycles. The van der Waals surface area contributed by atoms with Gasteiger partial charge in [-0.3, -0.25) is 4.79 Å². The topological polar surface area (TPSA) is 78.4 Å². The van der Waals surface area contributed by atoms with Gasteiger partial charge in [-0.25, -0.2) is 4.79 Å². The number of carbonyl (C=O) groups excluding carboxylic acids is 1. The van der Waals surface area contributed by atoms with Crippen LogP contribution in [0.15, 0.2) is 0 Å². The molecule has 2 rings (SSSR count). The van der Waals surface area contributed by atoms with Crippen LogP contribution in [0.5, 0.6) is 0 Å². The van der Waals surface area contributed by atoms with Gasteiger partial charge in [0.2, 0.25) is 5.91 Å². The Morgan fingerprint density at radius 1 is 1.25 bits per heavy atom. The molecule has 1 amide bonds. The molecule has 16 heavy (non-hydrogen) atoms. The molecule has 5 heteroatoms. The molecule has 0 radical (unpaired) electrons. The molecule has 1 saturated carbocycles. The lowest BCUT2D eigenvalue weighted by Crippen LogP contribution is -2.62. The van der Waals surface area contributed by atoms with E-state index in [2.05, 4.69) is 10.6 Å². The summed E-state index contributed by atoms with van der Waals surface area (Å²) in [5.41, 5.74) is -0.976. The van der Waals surface area contributed by atoms with E-state index < -0.39 is 11.5 Å². The van der Waals surface area contributed by atoms with Gasteiger partial charge < -0.3 is 15.7 Å². The smallest absolute Gasteiger partial charge is 0.329 e. The molecule has 1 atom stereocenters. The number of rotatable bonds is 3. The zero-order chi connectivity index (χ0) is 11.6. The lowest BCUT2D eigenvalue weighted by molar-refractivity contribution is -0.152. The molecule has 90 valence electrons. The molecule has 1 saturated heterocycles. The van der Waals surface area contributed by atoms with Crippen LogP contribution in [0.25, 0.3) is 0 Å². The Balaban J connectivity index is 1.92.